The summed E-state index contributed by atoms with van der Waals surface area (Å²) in [5, 5.41) is 6.34. The van der Waals surface area contributed by atoms with E-state index in [-0.39, 0.29) is 0 Å². The number of thiocarbonyl (C=S) groups is 1. The molecule has 0 aromatic heterocycles. The Morgan fingerprint density at radius 1 is 1.25 bits per heavy atom. The van der Waals surface area contributed by atoms with E-state index in [1.807, 2.05) is 0 Å². The molecule has 0 aliphatic rings. The largest absolute Gasteiger partial charge is 0.371 e. The summed E-state index contributed by atoms with van der Waals surface area (Å²) >= 11 is 8.70. The zero-order valence-corrected chi connectivity index (χ0v) is 9.31. The number of hydrogen-bond acceptors (Lipinski definition) is 2. The van der Waals surface area contributed by atoms with E-state index in [0.29, 0.717) is 4.32 Å². The second-order valence-electron chi connectivity index (χ2n) is 2.69. The van der Waals surface area contributed by atoms with Gasteiger partial charge in [0, 0.05) is 6.54 Å². The molecular weight excluding hydrogens is 188 g/mol. The van der Waals surface area contributed by atoms with Crippen LogP contribution in [0.1, 0.15) is 26.2 Å². The Bertz CT molecular complexity index is 118. The zero-order valence-electron chi connectivity index (χ0n) is 7.60. The molecule has 0 saturated heterocycles. The van der Waals surface area contributed by atoms with Crippen molar-refractivity contribution in [3.05, 3.63) is 0 Å². The second-order valence-corrected chi connectivity index (χ2v) is 3.85. The molecule has 2 nitrogen and oxygen atoms in total. The lowest BCUT2D eigenvalue weighted by Gasteiger charge is -2.04. The highest BCUT2D eigenvalue weighted by atomic mass is 32.1. The highest BCUT2D eigenvalue weighted by Crippen LogP contribution is 1.83. The molecule has 72 valence electrons. The highest BCUT2D eigenvalue weighted by Gasteiger charge is 1.88. The smallest absolute Gasteiger partial charge is 0.130 e. The average Bonchev–Trinajstić information content (AvgIpc) is 2.02. The van der Waals surface area contributed by atoms with Gasteiger partial charge in [-0.15, -0.1) is 12.6 Å². The molecule has 0 aliphatic heterocycles. The Kier molecular flexibility index (Phi) is 9.44. The molecule has 0 radical (unpaired) electrons. The molecule has 12 heavy (non-hydrogen) atoms. The van der Waals surface area contributed by atoms with E-state index in [2.05, 4.69) is 30.2 Å². The van der Waals surface area contributed by atoms with Crippen molar-refractivity contribution in [2.24, 2.45) is 0 Å². The van der Waals surface area contributed by atoms with Gasteiger partial charge in [0.25, 0.3) is 0 Å². The third kappa shape index (κ3) is 10.2. The van der Waals surface area contributed by atoms with Gasteiger partial charge in [0.15, 0.2) is 0 Å². The Morgan fingerprint density at radius 2 is 1.92 bits per heavy atom. The van der Waals surface area contributed by atoms with E-state index < -0.39 is 0 Å². The molecule has 0 heterocycles. The van der Waals surface area contributed by atoms with Gasteiger partial charge in [-0.3, -0.25) is 0 Å². The first-order valence-corrected chi connectivity index (χ1v) is 5.30. The zero-order chi connectivity index (χ0) is 9.23. The van der Waals surface area contributed by atoms with Crippen LogP contribution in [0.4, 0.5) is 0 Å². The van der Waals surface area contributed by atoms with Gasteiger partial charge in [-0.2, -0.15) is 0 Å². The van der Waals surface area contributed by atoms with Crippen LogP contribution in [0.3, 0.4) is 0 Å². The van der Waals surface area contributed by atoms with Crippen molar-refractivity contribution in [3.63, 3.8) is 0 Å². The van der Waals surface area contributed by atoms with Crippen molar-refractivity contribution >= 4 is 29.2 Å². The van der Waals surface area contributed by atoms with Gasteiger partial charge in [0.1, 0.15) is 4.32 Å². The number of rotatable bonds is 7. The third-order valence-corrected chi connectivity index (χ3v) is 1.82. The highest BCUT2D eigenvalue weighted by molar-refractivity contribution is 8.11. The first-order valence-electron chi connectivity index (χ1n) is 4.45. The maximum absolute atomic E-state index is 4.75. The first-order chi connectivity index (χ1) is 5.77. The van der Waals surface area contributed by atoms with Gasteiger partial charge in [-0.1, -0.05) is 25.6 Å². The summed E-state index contributed by atoms with van der Waals surface area (Å²) < 4.78 is 0.587. The number of hydrogen-bond donors (Lipinski definition) is 3. The van der Waals surface area contributed by atoms with Crippen LogP contribution < -0.4 is 10.6 Å². The predicted molar refractivity (Wildman–Crippen MR) is 62.0 cm³/mol. The average molecular weight is 206 g/mol. The Balaban J connectivity index is 2.86. The normalized spacial score (nSPS) is 9.83. The minimum atomic E-state index is 0.587. The summed E-state index contributed by atoms with van der Waals surface area (Å²) in [5.74, 6) is 0. The minimum Gasteiger partial charge on any atom is -0.371 e. The molecule has 0 unspecified atom stereocenters. The van der Waals surface area contributed by atoms with Gasteiger partial charge in [-0.25, -0.2) is 0 Å². The summed E-state index contributed by atoms with van der Waals surface area (Å²) in [6, 6.07) is 0. The lowest BCUT2D eigenvalue weighted by molar-refractivity contribution is 0.613. The molecule has 2 N–H and O–H groups in total. The molecule has 0 saturated carbocycles. The lowest BCUT2D eigenvalue weighted by atomic mass is 10.3. The molecule has 0 fully saturated rings. The second kappa shape index (κ2) is 9.29. The summed E-state index contributed by atoms with van der Waals surface area (Å²) in [6.45, 7) is 5.30. The SMILES string of the molecule is CCCCNCCCNC(=S)S. The molecule has 0 aromatic rings. The Hall–Kier alpha value is 0.200. The Morgan fingerprint density at radius 3 is 2.50 bits per heavy atom. The van der Waals surface area contributed by atoms with Crippen LogP contribution in [-0.2, 0) is 0 Å². The minimum absolute atomic E-state index is 0.587. The van der Waals surface area contributed by atoms with Crippen LogP contribution in [0.5, 0.6) is 0 Å². The maximum Gasteiger partial charge on any atom is 0.130 e. The summed E-state index contributed by atoms with van der Waals surface area (Å²) in [5.41, 5.74) is 0. The molecule has 0 atom stereocenters. The molecule has 4 heteroatoms. The molecule has 0 spiro atoms. The summed E-state index contributed by atoms with van der Waals surface area (Å²) in [4.78, 5) is 0. The molecule has 0 aromatic carbocycles. The van der Waals surface area contributed by atoms with Crippen LogP contribution in [0, 0.1) is 0 Å². The van der Waals surface area contributed by atoms with Crippen molar-refractivity contribution in [2.75, 3.05) is 19.6 Å². The maximum atomic E-state index is 4.75. The summed E-state index contributed by atoms with van der Waals surface area (Å²) in [7, 11) is 0. The van der Waals surface area contributed by atoms with Gasteiger partial charge >= 0.3 is 0 Å². The molecule has 0 aliphatic carbocycles. The van der Waals surface area contributed by atoms with Gasteiger partial charge < -0.3 is 10.6 Å². The monoisotopic (exact) mass is 206 g/mol. The van der Waals surface area contributed by atoms with Crippen molar-refractivity contribution < 1.29 is 0 Å². The number of unbranched alkanes of at least 4 members (excludes halogenated alkanes) is 1. The standard InChI is InChI=1S/C8H18N2S2/c1-2-3-5-9-6-4-7-10-8(11)12/h9H,2-7H2,1H3,(H2,10,11,12). The molecule has 0 bridgehead atoms. The lowest BCUT2D eigenvalue weighted by Crippen LogP contribution is -2.23. The fourth-order valence-electron chi connectivity index (χ4n) is 0.835. The third-order valence-electron chi connectivity index (χ3n) is 1.51. The van der Waals surface area contributed by atoms with E-state index in [1.54, 1.807) is 0 Å². The molecular formula is C8H18N2S2. The number of thiol groups is 1. The summed E-state index contributed by atoms with van der Waals surface area (Å²) in [6.07, 6.45) is 3.62. The van der Waals surface area contributed by atoms with E-state index >= 15 is 0 Å². The molecule has 0 amide bonds. The van der Waals surface area contributed by atoms with Crippen LogP contribution in [0.15, 0.2) is 0 Å². The van der Waals surface area contributed by atoms with Gasteiger partial charge in [-0.05, 0) is 25.9 Å². The van der Waals surface area contributed by atoms with Crippen molar-refractivity contribution in [3.8, 4) is 0 Å². The van der Waals surface area contributed by atoms with Crippen LogP contribution in [-0.4, -0.2) is 24.0 Å². The predicted octanol–water partition coefficient (Wildman–Crippen LogP) is 1.57. The van der Waals surface area contributed by atoms with E-state index in [1.165, 1.54) is 12.8 Å². The van der Waals surface area contributed by atoms with Crippen LogP contribution in [0.25, 0.3) is 0 Å². The van der Waals surface area contributed by atoms with Crippen molar-refractivity contribution in [1.29, 1.82) is 0 Å². The quantitative estimate of drug-likeness (QED) is 0.335. The van der Waals surface area contributed by atoms with E-state index in [4.69, 9.17) is 12.2 Å². The fourth-order valence-corrected chi connectivity index (χ4v) is 1.05. The van der Waals surface area contributed by atoms with Gasteiger partial charge in [0.2, 0.25) is 0 Å². The number of nitrogens with one attached hydrogen (secondary N) is 2. The van der Waals surface area contributed by atoms with Gasteiger partial charge in [0.05, 0.1) is 0 Å². The Labute approximate surface area is 85.9 Å². The van der Waals surface area contributed by atoms with Crippen LogP contribution in [0.2, 0.25) is 0 Å². The first kappa shape index (κ1) is 12.2. The topological polar surface area (TPSA) is 24.1 Å². The van der Waals surface area contributed by atoms with E-state index in [9.17, 15) is 0 Å². The van der Waals surface area contributed by atoms with Crippen molar-refractivity contribution in [2.45, 2.75) is 26.2 Å². The van der Waals surface area contributed by atoms with Crippen molar-refractivity contribution in [1.82, 2.24) is 10.6 Å². The fraction of sp³-hybridized carbons (Fsp3) is 0.875. The van der Waals surface area contributed by atoms with Crippen LogP contribution >= 0.6 is 24.8 Å². The molecule has 0 rings (SSSR count). The van der Waals surface area contributed by atoms with E-state index in [0.717, 1.165) is 26.1 Å².